The van der Waals surface area contributed by atoms with Crippen molar-refractivity contribution in [3.05, 3.63) is 33.6 Å². The summed E-state index contributed by atoms with van der Waals surface area (Å²) in [6.07, 6.45) is 0. The number of hydrogen-bond donors (Lipinski definition) is 3. The SMILES string of the molecule is CNC(=O)CNC(=O)c1c(F)ccc([N+](=O)[O-])c1N. The zero-order valence-corrected chi connectivity index (χ0v) is 9.90. The van der Waals surface area contributed by atoms with Gasteiger partial charge in [0, 0.05) is 13.1 Å². The van der Waals surface area contributed by atoms with Crippen molar-refractivity contribution in [1.82, 2.24) is 10.6 Å². The molecule has 0 aromatic heterocycles. The molecule has 0 fully saturated rings. The van der Waals surface area contributed by atoms with Gasteiger partial charge in [-0.15, -0.1) is 0 Å². The largest absolute Gasteiger partial charge is 0.392 e. The molecule has 0 radical (unpaired) electrons. The smallest absolute Gasteiger partial charge is 0.293 e. The van der Waals surface area contributed by atoms with E-state index in [1.807, 2.05) is 0 Å². The first kappa shape index (κ1) is 14.4. The van der Waals surface area contributed by atoms with Gasteiger partial charge in [-0.2, -0.15) is 0 Å². The highest BCUT2D eigenvalue weighted by atomic mass is 19.1. The number of nitrogen functional groups attached to an aromatic ring is 1. The molecule has 0 saturated heterocycles. The number of hydrogen-bond acceptors (Lipinski definition) is 5. The number of rotatable bonds is 4. The molecule has 2 amide bonds. The molecular formula is C10H11FN4O4. The van der Waals surface area contributed by atoms with E-state index in [1.54, 1.807) is 0 Å². The van der Waals surface area contributed by atoms with Crippen molar-refractivity contribution in [2.75, 3.05) is 19.3 Å². The number of nitrogens with zero attached hydrogens (tertiary/aromatic N) is 1. The lowest BCUT2D eigenvalue weighted by atomic mass is 10.1. The summed E-state index contributed by atoms with van der Waals surface area (Å²) >= 11 is 0. The van der Waals surface area contributed by atoms with Crippen LogP contribution in [-0.4, -0.2) is 30.3 Å². The number of benzene rings is 1. The maximum absolute atomic E-state index is 13.5. The lowest BCUT2D eigenvalue weighted by molar-refractivity contribution is -0.384. The van der Waals surface area contributed by atoms with E-state index in [1.165, 1.54) is 7.05 Å². The van der Waals surface area contributed by atoms with E-state index in [2.05, 4.69) is 10.6 Å². The van der Waals surface area contributed by atoms with Crippen LogP contribution in [0.3, 0.4) is 0 Å². The number of halogens is 1. The van der Waals surface area contributed by atoms with Gasteiger partial charge >= 0.3 is 0 Å². The zero-order chi connectivity index (χ0) is 14.6. The van der Waals surface area contributed by atoms with E-state index in [0.717, 1.165) is 12.1 Å². The lowest BCUT2D eigenvalue weighted by Gasteiger charge is -2.08. The molecule has 0 unspecified atom stereocenters. The highest BCUT2D eigenvalue weighted by Gasteiger charge is 2.23. The summed E-state index contributed by atoms with van der Waals surface area (Å²) in [6, 6.07) is 1.63. The molecule has 8 nitrogen and oxygen atoms in total. The Morgan fingerprint density at radius 3 is 2.63 bits per heavy atom. The Morgan fingerprint density at radius 2 is 2.11 bits per heavy atom. The van der Waals surface area contributed by atoms with Gasteiger partial charge in [0.1, 0.15) is 17.1 Å². The van der Waals surface area contributed by atoms with Gasteiger partial charge in [0.2, 0.25) is 5.91 Å². The number of nitrogens with one attached hydrogen (secondary N) is 2. The maximum Gasteiger partial charge on any atom is 0.293 e. The van der Waals surface area contributed by atoms with Crippen molar-refractivity contribution in [1.29, 1.82) is 0 Å². The minimum absolute atomic E-state index is 0.392. The van der Waals surface area contributed by atoms with E-state index in [0.29, 0.717) is 0 Å². The minimum atomic E-state index is -1.00. The minimum Gasteiger partial charge on any atom is -0.392 e. The van der Waals surface area contributed by atoms with E-state index < -0.39 is 46.0 Å². The van der Waals surface area contributed by atoms with Crippen molar-refractivity contribution < 1.29 is 18.9 Å². The Balaban J connectivity index is 3.05. The summed E-state index contributed by atoms with van der Waals surface area (Å²) in [5.74, 6) is -2.50. The third-order valence-electron chi connectivity index (χ3n) is 2.28. The standard InChI is InChI=1S/C10H11FN4O4/c1-13-7(16)4-14-10(17)8-5(11)2-3-6(9(8)12)15(18)19/h2-3H,4,12H2,1H3,(H,13,16)(H,14,17). The number of nitro groups is 1. The van der Waals surface area contributed by atoms with Gasteiger partial charge in [-0.1, -0.05) is 0 Å². The van der Waals surface area contributed by atoms with Crippen LogP contribution < -0.4 is 16.4 Å². The Kier molecular flexibility index (Phi) is 4.35. The van der Waals surface area contributed by atoms with Gasteiger partial charge in [0.25, 0.3) is 11.6 Å². The summed E-state index contributed by atoms with van der Waals surface area (Å²) in [4.78, 5) is 32.4. The van der Waals surface area contributed by atoms with Crippen LogP contribution in [0.4, 0.5) is 15.8 Å². The summed E-state index contributed by atoms with van der Waals surface area (Å²) in [5.41, 5.74) is 3.57. The van der Waals surface area contributed by atoms with Crippen molar-refractivity contribution in [3.63, 3.8) is 0 Å². The van der Waals surface area contributed by atoms with E-state index in [-0.39, 0.29) is 0 Å². The second-order valence-electron chi connectivity index (χ2n) is 3.47. The molecule has 19 heavy (non-hydrogen) atoms. The molecule has 0 spiro atoms. The average molecular weight is 270 g/mol. The van der Waals surface area contributed by atoms with Crippen LogP contribution in [0.1, 0.15) is 10.4 Å². The Bertz CT molecular complexity index is 547. The number of carbonyl (C=O) groups is 2. The number of amides is 2. The van der Waals surface area contributed by atoms with Crippen LogP contribution in [0.5, 0.6) is 0 Å². The first-order chi connectivity index (χ1) is 8.88. The highest BCUT2D eigenvalue weighted by Crippen LogP contribution is 2.27. The van der Waals surface area contributed by atoms with Crippen LogP contribution in [0.25, 0.3) is 0 Å². The molecule has 4 N–H and O–H groups in total. The van der Waals surface area contributed by atoms with Gasteiger partial charge in [-0.3, -0.25) is 19.7 Å². The van der Waals surface area contributed by atoms with Crippen LogP contribution in [0.2, 0.25) is 0 Å². The zero-order valence-electron chi connectivity index (χ0n) is 9.90. The third kappa shape index (κ3) is 3.15. The summed E-state index contributed by atoms with van der Waals surface area (Å²) in [5, 5.41) is 15.0. The summed E-state index contributed by atoms with van der Waals surface area (Å²) in [6.45, 7) is -0.392. The van der Waals surface area contributed by atoms with Crippen molar-refractivity contribution in [2.24, 2.45) is 0 Å². The number of carbonyl (C=O) groups excluding carboxylic acids is 2. The number of likely N-dealkylation sites (N-methyl/N-ethyl adjacent to an activating group) is 1. The normalized spacial score (nSPS) is 9.79. The topological polar surface area (TPSA) is 127 Å². The molecule has 0 atom stereocenters. The molecule has 0 bridgehead atoms. The summed E-state index contributed by atoms with van der Waals surface area (Å²) in [7, 11) is 1.36. The highest BCUT2D eigenvalue weighted by molar-refractivity contribution is 6.02. The molecule has 1 aromatic carbocycles. The summed E-state index contributed by atoms with van der Waals surface area (Å²) < 4.78 is 13.5. The molecule has 9 heteroatoms. The predicted molar refractivity (Wildman–Crippen MR) is 63.9 cm³/mol. The van der Waals surface area contributed by atoms with Gasteiger partial charge < -0.3 is 16.4 Å². The first-order valence-electron chi connectivity index (χ1n) is 5.09. The molecular weight excluding hydrogens is 259 g/mol. The van der Waals surface area contributed by atoms with E-state index >= 15 is 0 Å². The average Bonchev–Trinajstić information content (AvgIpc) is 2.35. The molecule has 0 aliphatic carbocycles. The lowest BCUT2D eigenvalue weighted by Crippen LogP contribution is -2.35. The van der Waals surface area contributed by atoms with Crippen molar-refractivity contribution in [3.8, 4) is 0 Å². The quantitative estimate of drug-likeness (QED) is 0.396. The van der Waals surface area contributed by atoms with Crippen molar-refractivity contribution in [2.45, 2.75) is 0 Å². The Morgan fingerprint density at radius 1 is 1.47 bits per heavy atom. The number of anilines is 1. The monoisotopic (exact) mass is 270 g/mol. The molecule has 0 saturated carbocycles. The van der Waals surface area contributed by atoms with E-state index in [4.69, 9.17) is 5.73 Å². The van der Waals surface area contributed by atoms with Crippen LogP contribution in [0.15, 0.2) is 12.1 Å². The fraction of sp³-hybridized carbons (Fsp3) is 0.200. The second kappa shape index (κ2) is 5.76. The molecule has 1 rings (SSSR count). The van der Waals surface area contributed by atoms with Crippen LogP contribution in [-0.2, 0) is 4.79 Å². The maximum atomic E-state index is 13.5. The fourth-order valence-electron chi connectivity index (χ4n) is 1.31. The van der Waals surface area contributed by atoms with E-state index in [9.17, 15) is 24.1 Å². The fourth-order valence-corrected chi connectivity index (χ4v) is 1.31. The second-order valence-corrected chi connectivity index (χ2v) is 3.47. The molecule has 0 heterocycles. The first-order valence-corrected chi connectivity index (χ1v) is 5.09. The molecule has 102 valence electrons. The molecule has 0 aliphatic heterocycles. The van der Waals surface area contributed by atoms with Crippen LogP contribution in [0, 0.1) is 15.9 Å². The molecule has 1 aromatic rings. The number of nitrogens with two attached hydrogens (primary N) is 1. The third-order valence-corrected chi connectivity index (χ3v) is 2.28. The van der Waals surface area contributed by atoms with Gasteiger partial charge in [0.05, 0.1) is 11.5 Å². The molecule has 0 aliphatic rings. The Labute approximate surface area is 106 Å². The van der Waals surface area contributed by atoms with Crippen molar-refractivity contribution >= 4 is 23.2 Å². The van der Waals surface area contributed by atoms with Gasteiger partial charge in [-0.25, -0.2) is 4.39 Å². The Hall–Kier alpha value is -2.71. The predicted octanol–water partition coefficient (Wildman–Crippen LogP) is -0.208. The van der Waals surface area contributed by atoms with Crippen LogP contribution >= 0.6 is 0 Å². The van der Waals surface area contributed by atoms with Gasteiger partial charge in [-0.05, 0) is 6.07 Å². The number of nitro benzene ring substituents is 1. The van der Waals surface area contributed by atoms with Gasteiger partial charge in [0.15, 0.2) is 0 Å².